The molecular formula is C27H18Cl3N3O6S. The van der Waals surface area contributed by atoms with Crippen LogP contribution in [0.1, 0.15) is 31.2 Å². The number of fused-ring (bicyclic) bond motifs is 1. The molecule has 1 unspecified atom stereocenters. The molecule has 3 heterocycles. The van der Waals surface area contributed by atoms with Crippen molar-refractivity contribution in [2.24, 2.45) is 4.99 Å². The molecule has 1 atom stereocenters. The van der Waals surface area contributed by atoms with E-state index < -0.39 is 16.9 Å². The number of furan rings is 1. The molecule has 0 amide bonds. The number of esters is 1. The van der Waals surface area contributed by atoms with Gasteiger partial charge in [-0.1, -0.05) is 58.3 Å². The third kappa shape index (κ3) is 5.11. The third-order valence-corrected chi connectivity index (χ3v) is 7.95. The van der Waals surface area contributed by atoms with Crippen LogP contribution in [-0.4, -0.2) is 22.1 Å². The van der Waals surface area contributed by atoms with Gasteiger partial charge in [0.25, 0.3) is 11.2 Å². The zero-order chi connectivity index (χ0) is 28.7. The molecule has 0 saturated heterocycles. The Balaban J connectivity index is 1.61. The van der Waals surface area contributed by atoms with Crippen LogP contribution in [0.3, 0.4) is 0 Å². The Labute approximate surface area is 245 Å². The van der Waals surface area contributed by atoms with E-state index in [1.165, 1.54) is 10.6 Å². The number of hydrogen-bond donors (Lipinski definition) is 0. The summed E-state index contributed by atoms with van der Waals surface area (Å²) in [7, 11) is 0. The molecule has 0 saturated carbocycles. The van der Waals surface area contributed by atoms with Crippen LogP contribution in [0.25, 0.3) is 17.4 Å². The number of rotatable bonds is 6. The summed E-state index contributed by atoms with van der Waals surface area (Å²) in [4.78, 5) is 42.1. The number of allylic oxidation sites excluding steroid dienone is 1. The van der Waals surface area contributed by atoms with E-state index in [9.17, 15) is 19.7 Å². The summed E-state index contributed by atoms with van der Waals surface area (Å²) in [6.07, 6.45) is 1.55. The minimum atomic E-state index is -0.775. The molecule has 204 valence electrons. The Hall–Kier alpha value is -3.70. The number of carbonyl (C=O) groups excluding carboxylic acids is 1. The molecule has 9 nitrogen and oxygen atoms in total. The molecule has 0 fully saturated rings. The molecule has 0 radical (unpaired) electrons. The number of carbonyl (C=O) groups is 1. The van der Waals surface area contributed by atoms with E-state index in [2.05, 4.69) is 4.99 Å². The Morgan fingerprint density at radius 1 is 1.18 bits per heavy atom. The van der Waals surface area contributed by atoms with Crippen LogP contribution in [0.2, 0.25) is 15.1 Å². The van der Waals surface area contributed by atoms with Crippen molar-refractivity contribution in [2.45, 2.75) is 19.9 Å². The molecule has 1 aliphatic heterocycles. The second-order valence-corrected chi connectivity index (χ2v) is 10.9. The molecule has 0 bridgehead atoms. The van der Waals surface area contributed by atoms with Gasteiger partial charge < -0.3 is 9.15 Å². The number of benzene rings is 2. The highest BCUT2D eigenvalue weighted by Crippen LogP contribution is 2.37. The van der Waals surface area contributed by atoms with Crippen molar-refractivity contribution in [1.29, 1.82) is 0 Å². The van der Waals surface area contributed by atoms with Gasteiger partial charge in [0.1, 0.15) is 16.5 Å². The number of ether oxygens (including phenoxy) is 1. The van der Waals surface area contributed by atoms with Gasteiger partial charge in [-0.15, -0.1) is 0 Å². The van der Waals surface area contributed by atoms with Crippen molar-refractivity contribution in [3.05, 3.63) is 116 Å². The van der Waals surface area contributed by atoms with Gasteiger partial charge in [0, 0.05) is 22.7 Å². The number of aromatic nitrogens is 1. The van der Waals surface area contributed by atoms with E-state index in [4.69, 9.17) is 44.0 Å². The lowest BCUT2D eigenvalue weighted by molar-refractivity contribution is -0.384. The van der Waals surface area contributed by atoms with Gasteiger partial charge in [-0.3, -0.25) is 19.5 Å². The number of nitro benzene ring substituents is 1. The summed E-state index contributed by atoms with van der Waals surface area (Å²) >= 11 is 19.5. The van der Waals surface area contributed by atoms with Crippen LogP contribution in [0.4, 0.5) is 5.69 Å². The number of nitrogens with zero attached hydrogens (tertiary/aromatic N) is 3. The van der Waals surface area contributed by atoms with Gasteiger partial charge in [0.2, 0.25) is 0 Å². The summed E-state index contributed by atoms with van der Waals surface area (Å²) in [5.74, 6) is 0.0720. The second kappa shape index (κ2) is 11.1. The van der Waals surface area contributed by atoms with Crippen molar-refractivity contribution in [2.75, 3.05) is 6.61 Å². The van der Waals surface area contributed by atoms with Crippen molar-refractivity contribution in [1.82, 2.24) is 4.57 Å². The van der Waals surface area contributed by atoms with Crippen molar-refractivity contribution in [3.63, 3.8) is 0 Å². The summed E-state index contributed by atoms with van der Waals surface area (Å²) in [5.41, 5.74) is 1.02. The van der Waals surface area contributed by atoms with E-state index in [1.54, 1.807) is 56.3 Å². The van der Waals surface area contributed by atoms with E-state index in [1.807, 2.05) is 0 Å². The molecule has 0 N–H and O–H groups in total. The maximum absolute atomic E-state index is 13.7. The first-order chi connectivity index (χ1) is 19.1. The van der Waals surface area contributed by atoms with Crippen LogP contribution in [-0.2, 0) is 9.53 Å². The number of hydrogen-bond acceptors (Lipinski definition) is 8. The van der Waals surface area contributed by atoms with E-state index in [0.29, 0.717) is 42.7 Å². The zero-order valence-corrected chi connectivity index (χ0v) is 23.9. The molecular weight excluding hydrogens is 601 g/mol. The largest absolute Gasteiger partial charge is 0.463 e. The molecule has 1 aliphatic rings. The van der Waals surface area contributed by atoms with Crippen molar-refractivity contribution >= 4 is 63.9 Å². The number of nitro groups is 1. The lowest BCUT2D eigenvalue weighted by Crippen LogP contribution is -2.39. The van der Waals surface area contributed by atoms with Gasteiger partial charge in [0.15, 0.2) is 4.80 Å². The summed E-state index contributed by atoms with van der Waals surface area (Å²) in [6, 6.07) is 11.8. The fourth-order valence-electron chi connectivity index (χ4n) is 4.32. The molecule has 40 heavy (non-hydrogen) atoms. The zero-order valence-electron chi connectivity index (χ0n) is 20.8. The Morgan fingerprint density at radius 2 is 1.90 bits per heavy atom. The third-order valence-electron chi connectivity index (χ3n) is 6.10. The predicted molar refractivity (Wildman–Crippen MR) is 153 cm³/mol. The molecule has 2 aromatic heterocycles. The van der Waals surface area contributed by atoms with E-state index in [-0.39, 0.29) is 33.5 Å². The Morgan fingerprint density at radius 3 is 2.58 bits per heavy atom. The minimum Gasteiger partial charge on any atom is -0.463 e. The van der Waals surface area contributed by atoms with Crippen LogP contribution >= 0.6 is 46.1 Å². The average Bonchev–Trinajstić information content (AvgIpc) is 3.49. The summed E-state index contributed by atoms with van der Waals surface area (Å²) < 4.78 is 13.0. The lowest BCUT2D eigenvalue weighted by atomic mass is 9.96. The first kappa shape index (κ1) is 27.9. The number of thiazole rings is 1. The van der Waals surface area contributed by atoms with Crippen LogP contribution in [0.5, 0.6) is 0 Å². The second-order valence-electron chi connectivity index (χ2n) is 8.60. The molecule has 0 aliphatic carbocycles. The van der Waals surface area contributed by atoms with Crippen molar-refractivity contribution in [3.8, 4) is 11.3 Å². The van der Waals surface area contributed by atoms with Crippen LogP contribution < -0.4 is 14.9 Å². The first-order valence-corrected chi connectivity index (χ1v) is 13.7. The normalized spacial score (nSPS) is 15.1. The summed E-state index contributed by atoms with van der Waals surface area (Å²) in [5, 5.41) is 11.6. The van der Waals surface area contributed by atoms with Gasteiger partial charge in [0.05, 0.1) is 38.4 Å². The van der Waals surface area contributed by atoms with Crippen LogP contribution in [0, 0.1) is 10.1 Å². The lowest BCUT2D eigenvalue weighted by Gasteiger charge is -2.24. The van der Waals surface area contributed by atoms with Gasteiger partial charge >= 0.3 is 5.97 Å². The molecule has 5 rings (SSSR count). The fraction of sp³-hybridized carbons (Fsp3) is 0.148. The topological polar surface area (TPSA) is 117 Å². The summed E-state index contributed by atoms with van der Waals surface area (Å²) in [6.45, 7) is 3.57. The maximum atomic E-state index is 13.7. The fourth-order valence-corrected chi connectivity index (χ4v) is 5.96. The smallest absolute Gasteiger partial charge is 0.338 e. The molecule has 4 aromatic rings. The quantitative estimate of drug-likeness (QED) is 0.150. The number of halogens is 3. The average molecular weight is 619 g/mol. The highest BCUT2D eigenvalue weighted by molar-refractivity contribution is 7.07. The van der Waals surface area contributed by atoms with E-state index in [0.717, 1.165) is 17.4 Å². The predicted octanol–water partition coefficient (Wildman–Crippen LogP) is 5.93. The highest BCUT2D eigenvalue weighted by atomic mass is 35.5. The molecule has 2 aromatic carbocycles. The minimum absolute atomic E-state index is 0.0845. The van der Waals surface area contributed by atoms with Gasteiger partial charge in [-0.2, -0.15) is 0 Å². The monoisotopic (exact) mass is 617 g/mol. The Kier molecular flexibility index (Phi) is 7.70. The van der Waals surface area contributed by atoms with Crippen molar-refractivity contribution < 1.29 is 18.9 Å². The van der Waals surface area contributed by atoms with Gasteiger partial charge in [-0.25, -0.2) is 9.79 Å². The highest BCUT2D eigenvalue weighted by Gasteiger charge is 2.33. The van der Waals surface area contributed by atoms with Gasteiger partial charge in [-0.05, 0) is 49.7 Å². The standard InChI is InChI=1S/C27H18Cl3N3O6S/c1-3-38-26(35)23-13(2)31-27-32(24(23)14-4-6-15(28)7-5-14)25(34)22(40-27)10-16-8-9-21(39-16)17-11-19(30)20(33(36)37)12-18(17)29/h4-12,24H,3H2,1-2H3/b22-10+. The Bertz CT molecular complexity index is 1890. The first-order valence-electron chi connectivity index (χ1n) is 11.8. The van der Waals surface area contributed by atoms with E-state index >= 15 is 0 Å². The molecule has 13 heteroatoms. The maximum Gasteiger partial charge on any atom is 0.338 e. The SMILES string of the molecule is CCOC(=O)C1=C(C)N=c2s/c(=C/c3ccc(-c4cc(Cl)c([N+](=O)[O-])cc4Cl)o3)c(=O)n2C1c1ccc(Cl)cc1. The molecule has 0 spiro atoms. The van der Waals surface area contributed by atoms with Crippen LogP contribution in [0.15, 0.2) is 74.0 Å².